The monoisotopic (exact) mass is 194 g/mol. The highest BCUT2D eigenvalue weighted by Gasteiger charge is 2.29. The van der Waals surface area contributed by atoms with Gasteiger partial charge in [0.2, 0.25) is 0 Å². The Morgan fingerprint density at radius 1 is 1.21 bits per heavy atom. The van der Waals surface area contributed by atoms with E-state index >= 15 is 0 Å². The molecule has 0 aromatic heterocycles. The van der Waals surface area contributed by atoms with Gasteiger partial charge in [-0.2, -0.15) is 0 Å². The molecule has 3 N–H and O–H groups in total. The predicted octanol–water partition coefficient (Wildman–Crippen LogP) is 0.465. The smallest absolute Gasteiger partial charge is 0.368 e. The average Bonchev–Trinajstić information content (AvgIpc) is 2.16. The average molecular weight is 194 g/mol. The Hall–Kier alpha value is -1.65. The van der Waals surface area contributed by atoms with E-state index in [9.17, 15) is 4.79 Å². The lowest BCUT2D eigenvalue weighted by Crippen LogP contribution is -2.35. The molecule has 4 heteroatoms. The third-order valence-corrected chi connectivity index (χ3v) is 1.62. The van der Waals surface area contributed by atoms with Crippen LogP contribution in [0.2, 0.25) is 0 Å². The van der Waals surface area contributed by atoms with Crippen LogP contribution in [-0.4, -0.2) is 27.1 Å². The highest BCUT2D eigenvalue weighted by molar-refractivity contribution is 5.78. The summed E-state index contributed by atoms with van der Waals surface area (Å²) in [6, 6.07) is 8.76. The minimum atomic E-state index is -2.81. The van der Waals surface area contributed by atoms with Crippen molar-refractivity contribution in [2.24, 2.45) is 0 Å². The van der Waals surface area contributed by atoms with Crippen molar-refractivity contribution in [1.82, 2.24) is 0 Å². The van der Waals surface area contributed by atoms with Gasteiger partial charge in [0.25, 0.3) is 5.79 Å². The van der Waals surface area contributed by atoms with Crippen molar-refractivity contribution < 1.29 is 20.1 Å². The molecule has 0 fully saturated rings. The van der Waals surface area contributed by atoms with Crippen LogP contribution >= 0.6 is 0 Å². The first-order valence-corrected chi connectivity index (χ1v) is 3.95. The van der Waals surface area contributed by atoms with Crippen molar-refractivity contribution in [2.45, 2.75) is 5.79 Å². The maximum atomic E-state index is 10.3. The number of carbonyl (C=O) groups is 1. The summed E-state index contributed by atoms with van der Waals surface area (Å²) in [5.74, 6) is -4.51. The highest BCUT2D eigenvalue weighted by Crippen LogP contribution is 2.07. The van der Waals surface area contributed by atoms with Gasteiger partial charge < -0.3 is 15.3 Å². The largest absolute Gasteiger partial charge is 0.477 e. The number of aliphatic hydroxyl groups is 2. The lowest BCUT2D eigenvalue weighted by atomic mass is 10.1. The number of carboxylic acid groups (broad SMARTS) is 1. The Morgan fingerprint density at radius 2 is 1.79 bits per heavy atom. The maximum Gasteiger partial charge on any atom is 0.368 e. The number of rotatable bonds is 3. The van der Waals surface area contributed by atoms with Gasteiger partial charge in [-0.1, -0.05) is 36.4 Å². The molecule has 1 aromatic carbocycles. The van der Waals surface area contributed by atoms with E-state index in [1.165, 1.54) is 6.08 Å². The number of hydrogen-bond donors (Lipinski definition) is 3. The van der Waals surface area contributed by atoms with Gasteiger partial charge >= 0.3 is 5.97 Å². The van der Waals surface area contributed by atoms with Crippen LogP contribution in [0.25, 0.3) is 6.08 Å². The topological polar surface area (TPSA) is 77.8 Å². The summed E-state index contributed by atoms with van der Waals surface area (Å²) in [5, 5.41) is 26.2. The summed E-state index contributed by atoms with van der Waals surface area (Å²) in [6.45, 7) is 0. The summed E-state index contributed by atoms with van der Waals surface area (Å²) in [4.78, 5) is 10.3. The Labute approximate surface area is 80.7 Å². The minimum Gasteiger partial charge on any atom is -0.477 e. The Bertz CT molecular complexity index is 340. The van der Waals surface area contributed by atoms with Gasteiger partial charge in [-0.25, -0.2) is 4.79 Å². The standard InChI is InChI=1S/C10H10O4/c11-9(12)10(13,14)7-6-8-4-2-1-3-5-8/h1-7,13-14H,(H,11,12)/b7-6+. The van der Waals surface area contributed by atoms with E-state index in [1.807, 2.05) is 0 Å². The van der Waals surface area contributed by atoms with Crippen LogP contribution in [0.3, 0.4) is 0 Å². The minimum absolute atomic E-state index is 0.696. The van der Waals surface area contributed by atoms with E-state index in [1.54, 1.807) is 30.3 Å². The van der Waals surface area contributed by atoms with E-state index in [2.05, 4.69) is 0 Å². The van der Waals surface area contributed by atoms with E-state index in [0.29, 0.717) is 5.56 Å². The molecular formula is C10H10O4. The molecule has 74 valence electrons. The summed E-state index contributed by atoms with van der Waals surface area (Å²) in [6.07, 6.45) is 2.14. The zero-order valence-corrected chi connectivity index (χ0v) is 7.29. The molecule has 0 saturated carbocycles. The SMILES string of the molecule is O=C(O)C(O)(O)/C=C/c1ccccc1. The second-order valence-electron chi connectivity index (χ2n) is 2.78. The van der Waals surface area contributed by atoms with Gasteiger partial charge in [0, 0.05) is 0 Å². The third-order valence-electron chi connectivity index (χ3n) is 1.62. The summed E-state index contributed by atoms with van der Waals surface area (Å²) in [5.41, 5.74) is 0.696. The van der Waals surface area contributed by atoms with Gasteiger partial charge in [0.15, 0.2) is 0 Å². The van der Waals surface area contributed by atoms with Crippen LogP contribution < -0.4 is 0 Å². The quantitative estimate of drug-likeness (QED) is 0.611. The fourth-order valence-electron chi connectivity index (χ4n) is 0.848. The fourth-order valence-corrected chi connectivity index (χ4v) is 0.848. The van der Waals surface area contributed by atoms with Gasteiger partial charge in [-0.3, -0.25) is 0 Å². The Kier molecular flexibility index (Phi) is 3.01. The van der Waals surface area contributed by atoms with Crippen molar-refractivity contribution >= 4 is 12.0 Å². The molecule has 0 spiro atoms. The molecule has 0 saturated heterocycles. The molecule has 0 aliphatic heterocycles. The van der Waals surface area contributed by atoms with Crippen LogP contribution in [0.5, 0.6) is 0 Å². The number of aliphatic carboxylic acids is 1. The lowest BCUT2D eigenvalue weighted by Gasteiger charge is -2.09. The normalized spacial score (nSPS) is 11.9. The second-order valence-corrected chi connectivity index (χ2v) is 2.78. The predicted molar refractivity (Wildman–Crippen MR) is 50.3 cm³/mol. The first kappa shape index (κ1) is 10.4. The fraction of sp³-hybridized carbons (Fsp3) is 0.100. The zero-order chi connectivity index (χ0) is 10.6. The number of benzene rings is 1. The van der Waals surface area contributed by atoms with Crippen LogP contribution in [0.15, 0.2) is 36.4 Å². The molecule has 0 unspecified atom stereocenters. The van der Waals surface area contributed by atoms with Gasteiger partial charge in [-0.05, 0) is 11.6 Å². The van der Waals surface area contributed by atoms with Gasteiger partial charge in [-0.15, -0.1) is 0 Å². The van der Waals surface area contributed by atoms with Crippen LogP contribution in [0.4, 0.5) is 0 Å². The molecular weight excluding hydrogens is 184 g/mol. The first-order valence-electron chi connectivity index (χ1n) is 3.95. The molecule has 0 atom stereocenters. The lowest BCUT2D eigenvalue weighted by molar-refractivity contribution is -0.186. The molecule has 0 bridgehead atoms. The highest BCUT2D eigenvalue weighted by atomic mass is 16.5. The van der Waals surface area contributed by atoms with Crippen molar-refractivity contribution in [3.05, 3.63) is 42.0 Å². The zero-order valence-electron chi connectivity index (χ0n) is 7.29. The summed E-state index contributed by atoms with van der Waals surface area (Å²) in [7, 11) is 0. The first-order chi connectivity index (χ1) is 6.52. The molecule has 0 aliphatic carbocycles. The van der Waals surface area contributed by atoms with E-state index in [0.717, 1.165) is 6.08 Å². The Balaban J connectivity index is 2.79. The Morgan fingerprint density at radius 3 is 2.29 bits per heavy atom. The van der Waals surface area contributed by atoms with Crippen molar-refractivity contribution in [3.63, 3.8) is 0 Å². The number of carboxylic acids is 1. The third kappa shape index (κ3) is 2.69. The van der Waals surface area contributed by atoms with Crippen LogP contribution in [0.1, 0.15) is 5.56 Å². The maximum absolute atomic E-state index is 10.3. The van der Waals surface area contributed by atoms with Crippen molar-refractivity contribution in [1.29, 1.82) is 0 Å². The molecule has 0 aliphatic rings. The van der Waals surface area contributed by atoms with E-state index in [4.69, 9.17) is 15.3 Å². The summed E-state index contributed by atoms with van der Waals surface area (Å²) < 4.78 is 0. The van der Waals surface area contributed by atoms with Gasteiger partial charge in [0.1, 0.15) is 0 Å². The summed E-state index contributed by atoms with van der Waals surface area (Å²) >= 11 is 0. The van der Waals surface area contributed by atoms with E-state index in [-0.39, 0.29) is 0 Å². The molecule has 0 radical (unpaired) electrons. The molecule has 1 rings (SSSR count). The van der Waals surface area contributed by atoms with E-state index < -0.39 is 11.8 Å². The van der Waals surface area contributed by atoms with Gasteiger partial charge in [0.05, 0.1) is 0 Å². The molecule has 14 heavy (non-hydrogen) atoms. The molecule has 1 aromatic rings. The second kappa shape index (κ2) is 4.04. The molecule has 0 amide bonds. The van der Waals surface area contributed by atoms with Crippen molar-refractivity contribution in [3.8, 4) is 0 Å². The van der Waals surface area contributed by atoms with Crippen molar-refractivity contribution in [2.75, 3.05) is 0 Å². The number of hydrogen-bond acceptors (Lipinski definition) is 3. The van der Waals surface area contributed by atoms with Crippen LogP contribution in [0, 0.1) is 0 Å². The van der Waals surface area contributed by atoms with Crippen LogP contribution in [-0.2, 0) is 4.79 Å². The molecule has 4 nitrogen and oxygen atoms in total. The molecule has 0 heterocycles.